The van der Waals surface area contributed by atoms with Crippen molar-refractivity contribution < 1.29 is 0 Å². The quantitative estimate of drug-likeness (QED) is 0.805. The number of rotatable bonds is 6. The summed E-state index contributed by atoms with van der Waals surface area (Å²) in [5.41, 5.74) is 2.36. The molecule has 0 saturated heterocycles. The Balaban J connectivity index is 2.05. The first-order chi connectivity index (χ1) is 10.0. The Morgan fingerprint density at radius 2 is 2.10 bits per heavy atom. The van der Waals surface area contributed by atoms with E-state index in [1.165, 1.54) is 31.2 Å². The summed E-state index contributed by atoms with van der Waals surface area (Å²) in [4.78, 5) is 0. The third-order valence-electron chi connectivity index (χ3n) is 4.97. The average Bonchev–Trinajstić information content (AvgIpc) is 2.68. The lowest BCUT2D eigenvalue weighted by molar-refractivity contribution is 0.183. The van der Waals surface area contributed by atoms with Gasteiger partial charge in [-0.1, -0.05) is 31.9 Å². The lowest BCUT2D eigenvalue weighted by Gasteiger charge is -2.35. The van der Waals surface area contributed by atoms with Crippen molar-refractivity contribution in [1.82, 2.24) is 15.1 Å². The minimum absolute atomic E-state index is 0.735. The normalized spacial score (nSPS) is 26.2. The number of hydrogen-bond acceptors (Lipinski definition) is 2. The van der Waals surface area contributed by atoms with Crippen LogP contribution < -0.4 is 5.32 Å². The fourth-order valence-electron chi connectivity index (χ4n) is 3.71. The highest BCUT2D eigenvalue weighted by Gasteiger charge is 2.30. The molecule has 0 radical (unpaired) electrons. The fraction of sp³-hybridized carbons (Fsp3) is 0.824. The monoisotopic (exact) mass is 311 g/mol. The van der Waals surface area contributed by atoms with Crippen LogP contribution in [0, 0.1) is 24.7 Å². The van der Waals surface area contributed by atoms with Gasteiger partial charge in [-0.05, 0) is 63.5 Å². The van der Waals surface area contributed by atoms with Crippen LogP contribution in [0.25, 0.3) is 0 Å². The van der Waals surface area contributed by atoms with Gasteiger partial charge in [0.2, 0.25) is 0 Å². The summed E-state index contributed by atoms with van der Waals surface area (Å²) in [7, 11) is 1.93. The highest BCUT2D eigenvalue weighted by atomic mass is 35.5. The predicted octanol–water partition coefficient (Wildman–Crippen LogP) is 3.98. The van der Waals surface area contributed by atoms with Gasteiger partial charge in [-0.2, -0.15) is 5.10 Å². The van der Waals surface area contributed by atoms with Crippen LogP contribution in [0.5, 0.6) is 0 Å². The highest BCUT2D eigenvalue weighted by Crippen LogP contribution is 2.37. The van der Waals surface area contributed by atoms with E-state index in [9.17, 15) is 0 Å². The summed E-state index contributed by atoms with van der Waals surface area (Å²) >= 11 is 6.43. The van der Waals surface area contributed by atoms with E-state index in [4.69, 9.17) is 11.6 Å². The first-order valence-electron chi connectivity index (χ1n) is 8.41. The number of aryl methyl sites for hydroxylation is 2. The molecule has 1 aromatic rings. The Labute approximate surface area is 134 Å². The van der Waals surface area contributed by atoms with Crippen molar-refractivity contribution in [2.75, 3.05) is 13.1 Å². The number of nitrogens with one attached hydrogen (secondary N) is 1. The Morgan fingerprint density at radius 3 is 2.71 bits per heavy atom. The minimum Gasteiger partial charge on any atom is -0.316 e. The van der Waals surface area contributed by atoms with Crippen molar-refractivity contribution in [1.29, 1.82) is 0 Å². The molecule has 0 spiro atoms. The number of aromatic nitrogens is 2. The van der Waals surface area contributed by atoms with Crippen LogP contribution in [0.15, 0.2) is 0 Å². The first kappa shape index (κ1) is 16.8. The zero-order valence-corrected chi connectivity index (χ0v) is 14.7. The lowest BCUT2D eigenvalue weighted by Crippen LogP contribution is -2.34. The van der Waals surface area contributed by atoms with Gasteiger partial charge >= 0.3 is 0 Å². The third kappa shape index (κ3) is 4.23. The molecule has 0 aliphatic heterocycles. The molecule has 1 heterocycles. The average molecular weight is 312 g/mol. The summed E-state index contributed by atoms with van der Waals surface area (Å²) in [6.45, 7) is 8.98. The number of halogens is 1. The molecule has 3 atom stereocenters. The second-order valence-corrected chi connectivity index (χ2v) is 7.18. The van der Waals surface area contributed by atoms with Gasteiger partial charge in [-0.3, -0.25) is 4.68 Å². The van der Waals surface area contributed by atoms with Crippen LogP contribution in [-0.2, 0) is 13.5 Å². The van der Waals surface area contributed by atoms with Crippen molar-refractivity contribution in [2.45, 2.75) is 52.9 Å². The summed E-state index contributed by atoms with van der Waals surface area (Å²) < 4.78 is 1.81. The second-order valence-electron chi connectivity index (χ2n) is 6.83. The van der Waals surface area contributed by atoms with Gasteiger partial charge in [-0.25, -0.2) is 0 Å². The van der Waals surface area contributed by atoms with Gasteiger partial charge < -0.3 is 5.32 Å². The molecule has 0 amide bonds. The van der Waals surface area contributed by atoms with E-state index >= 15 is 0 Å². The van der Waals surface area contributed by atoms with Gasteiger partial charge in [0.05, 0.1) is 5.69 Å². The molecule has 0 aromatic carbocycles. The molecular weight excluding hydrogens is 282 g/mol. The van der Waals surface area contributed by atoms with Crippen LogP contribution in [0.1, 0.15) is 50.8 Å². The molecule has 1 aliphatic carbocycles. The summed E-state index contributed by atoms with van der Waals surface area (Å²) in [6, 6.07) is 0. The maximum atomic E-state index is 6.43. The van der Waals surface area contributed by atoms with Gasteiger partial charge in [0.1, 0.15) is 5.15 Å². The zero-order chi connectivity index (χ0) is 15.4. The highest BCUT2D eigenvalue weighted by molar-refractivity contribution is 6.30. The van der Waals surface area contributed by atoms with Gasteiger partial charge in [0.15, 0.2) is 0 Å². The van der Waals surface area contributed by atoms with E-state index in [2.05, 4.69) is 31.2 Å². The molecule has 21 heavy (non-hydrogen) atoms. The minimum atomic E-state index is 0.735. The number of nitrogens with zero attached hydrogens (tertiary/aromatic N) is 2. The number of hydrogen-bond donors (Lipinski definition) is 1. The van der Waals surface area contributed by atoms with E-state index in [-0.39, 0.29) is 0 Å². The van der Waals surface area contributed by atoms with Crippen LogP contribution in [0.3, 0.4) is 0 Å². The fourth-order valence-corrected chi connectivity index (χ4v) is 3.96. The maximum Gasteiger partial charge on any atom is 0.130 e. The van der Waals surface area contributed by atoms with Crippen molar-refractivity contribution in [3.63, 3.8) is 0 Å². The molecule has 3 unspecified atom stereocenters. The van der Waals surface area contributed by atoms with Crippen LogP contribution in [0.4, 0.5) is 0 Å². The molecule has 2 rings (SSSR count). The Kier molecular flexibility index (Phi) is 6.12. The van der Waals surface area contributed by atoms with Crippen LogP contribution in [0.2, 0.25) is 5.15 Å². The summed E-state index contributed by atoms with van der Waals surface area (Å²) in [6.07, 6.45) is 6.33. The zero-order valence-electron chi connectivity index (χ0n) is 14.0. The molecule has 1 N–H and O–H groups in total. The van der Waals surface area contributed by atoms with E-state index < -0.39 is 0 Å². The SMILES string of the molecule is CCCNCC1CCC(C)CC1Cc1c(C)nn(C)c1Cl. The standard InChI is InChI=1S/C17H30ClN3/c1-5-8-19-11-14-7-6-12(2)9-15(14)10-16-13(3)20-21(4)17(16)18/h12,14-15,19H,5-11H2,1-4H3. The lowest BCUT2D eigenvalue weighted by atomic mass is 9.72. The predicted molar refractivity (Wildman–Crippen MR) is 89.8 cm³/mol. The van der Waals surface area contributed by atoms with Crippen LogP contribution >= 0.6 is 11.6 Å². The van der Waals surface area contributed by atoms with E-state index in [1.807, 2.05) is 11.7 Å². The van der Waals surface area contributed by atoms with Gasteiger partial charge in [-0.15, -0.1) is 0 Å². The molecule has 3 nitrogen and oxygen atoms in total. The van der Waals surface area contributed by atoms with E-state index in [0.717, 1.165) is 48.1 Å². The third-order valence-corrected chi connectivity index (χ3v) is 5.44. The van der Waals surface area contributed by atoms with Gasteiger partial charge in [0, 0.05) is 12.6 Å². The Hall–Kier alpha value is -0.540. The Bertz CT molecular complexity index is 455. The van der Waals surface area contributed by atoms with Crippen molar-refractivity contribution >= 4 is 11.6 Å². The maximum absolute atomic E-state index is 6.43. The molecular formula is C17H30ClN3. The molecule has 0 bridgehead atoms. The molecule has 4 heteroatoms. The molecule has 1 fully saturated rings. The Morgan fingerprint density at radius 1 is 1.33 bits per heavy atom. The summed E-state index contributed by atoms with van der Waals surface area (Å²) in [5, 5.41) is 8.91. The van der Waals surface area contributed by atoms with E-state index in [0.29, 0.717) is 0 Å². The summed E-state index contributed by atoms with van der Waals surface area (Å²) in [5.74, 6) is 2.36. The van der Waals surface area contributed by atoms with Crippen LogP contribution in [-0.4, -0.2) is 22.9 Å². The second kappa shape index (κ2) is 7.64. The molecule has 1 aliphatic rings. The van der Waals surface area contributed by atoms with Gasteiger partial charge in [0.25, 0.3) is 0 Å². The largest absolute Gasteiger partial charge is 0.316 e. The molecule has 1 aromatic heterocycles. The molecule has 1 saturated carbocycles. The van der Waals surface area contributed by atoms with Crippen molar-refractivity contribution in [3.05, 3.63) is 16.4 Å². The molecule has 120 valence electrons. The van der Waals surface area contributed by atoms with E-state index in [1.54, 1.807) is 0 Å². The smallest absolute Gasteiger partial charge is 0.130 e. The van der Waals surface area contributed by atoms with Crippen molar-refractivity contribution in [2.24, 2.45) is 24.8 Å². The van der Waals surface area contributed by atoms with Crippen molar-refractivity contribution in [3.8, 4) is 0 Å². The topological polar surface area (TPSA) is 29.9 Å². The first-order valence-corrected chi connectivity index (χ1v) is 8.79.